The number of thioether (sulfide) groups is 1. The number of hydrogen-bond acceptors (Lipinski definition) is 2. The third-order valence-electron chi connectivity index (χ3n) is 5.34. The molecule has 0 aromatic heterocycles. The van der Waals surface area contributed by atoms with Crippen LogP contribution >= 0.6 is 11.8 Å². The topological polar surface area (TPSA) is 12.0 Å². The molecule has 0 heterocycles. The predicted molar refractivity (Wildman–Crippen MR) is 89.4 cm³/mol. The third kappa shape index (κ3) is 3.07. The first-order chi connectivity index (χ1) is 9.78. The highest BCUT2D eigenvalue weighted by atomic mass is 32.2. The van der Waals surface area contributed by atoms with Crippen molar-refractivity contribution in [3.05, 3.63) is 35.4 Å². The Morgan fingerprint density at radius 2 is 1.75 bits per heavy atom. The monoisotopic (exact) mass is 289 g/mol. The molecule has 1 fully saturated rings. The largest absolute Gasteiger partial charge is 0.313 e. The average molecular weight is 289 g/mol. The van der Waals surface area contributed by atoms with Crippen LogP contribution in [0.15, 0.2) is 24.3 Å². The maximum absolute atomic E-state index is 3.91. The normalized spacial score (nSPS) is 29.8. The van der Waals surface area contributed by atoms with Crippen LogP contribution in [0, 0.1) is 11.8 Å². The van der Waals surface area contributed by atoms with Gasteiger partial charge in [0.15, 0.2) is 0 Å². The van der Waals surface area contributed by atoms with Crippen LogP contribution in [0.5, 0.6) is 0 Å². The lowest BCUT2D eigenvalue weighted by atomic mass is 9.94. The summed E-state index contributed by atoms with van der Waals surface area (Å²) >= 11 is 1.98. The van der Waals surface area contributed by atoms with Crippen molar-refractivity contribution in [3.63, 3.8) is 0 Å². The van der Waals surface area contributed by atoms with E-state index in [-0.39, 0.29) is 0 Å². The van der Waals surface area contributed by atoms with E-state index in [1.165, 1.54) is 38.6 Å². The standard InChI is InChI=1S/C18H27NS/c1-13(20-2)9-10-19-18-16-7-8-17(18)12-15-6-4-3-5-14(15)11-16/h3-6,13,16-19H,7-12H2,1-2H3. The van der Waals surface area contributed by atoms with Crippen LogP contribution < -0.4 is 5.32 Å². The first kappa shape index (κ1) is 14.5. The Labute approximate surface area is 127 Å². The minimum atomic E-state index is 0.761. The first-order valence-electron chi connectivity index (χ1n) is 8.11. The zero-order valence-corrected chi connectivity index (χ0v) is 13.6. The summed E-state index contributed by atoms with van der Waals surface area (Å²) in [5.41, 5.74) is 3.23. The molecule has 0 saturated heterocycles. The second-order valence-corrected chi connectivity index (χ2v) is 7.87. The quantitative estimate of drug-likeness (QED) is 0.882. The van der Waals surface area contributed by atoms with Gasteiger partial charge in [-0.2, -0.15) is 11.8 Å². The van der Waals surface area contributed by atoms with Gasteiger partial charge >= 0.3 is 0 Å². The van der Waals surface area contributed by atoms with E-state index in [9.17, 15) is 0 Å². The summed E-state index contributed by atoms with van der Waals surface area (Å²) in [4.78, 5) is 0. The summed E-state index contributed by atoms with van der Waals surface area (Å²) in [7, 11) is 0. The molecular formula is C18H27NS. The summed E-state index contributed by atoms with van der Waals surface area (Å²) in [6.45, 7) is 3.53. The molecule has 110 valence electrons. The molecule has 2 aliphatic rings. The van der Waals surface area contributed by atoms with Gasteiger partial charge in [-0.25, -0.2) is 0 Å². The van der Waals surface area contributed by atoms with Crippen LogP contribution in [0.4, 0.5) is 0 Å². The Kier molecular flexibility index (Phi) is 4.72. The van der Waals surface area contributed by atoms with E-state index < -0.39 is 0 Å². The van der Waals surface area contributed by atoms with Gasteiger partial charge in [0, 0.05) is 11.3 Å². The van der Waals surface area contributed by atoms with Crippen LogP contribution in [0.25, 0.3) is 0 Å². The van der Waals surface area contributed by atoms with E-state index in [2.05, 4.69) is 42.8 Å². The Hall–Kier alpha value is -0.470. The highest BCUT2D eigenvalue weighted by Gasteiger charge is 2.38. The summed E-state index contributed by atoms with van der Waals surface area (Å²) in [5, 5.41) is 4.69. The van der Waals surface area contributed by atoms with Gasteiger partial charge < -0.3 is 5.32 Å². The van der Waals surface area contributed by atoms with E-state index in [1.807, 2.05) is 11.8 Å². The smallest absolute Gasteiger partial charge is 0.0130 e. The fourth-order valence-corrected chi connectivity index (χ4v) is 4.41. The van der Waals surface area contributed by atoms with Crippen LogP contribution in [0.2, 0.25) is 0 Å². The van der Waals surface area contributed by atoms with E-state index in [4.69, 9.17) is 0 Å². The van der Waals surface area contributed by atoms with Crippen molar-refractivity contribution in [2.45, 2.75) is 50.3 Å². The molecule has 0 aliphatic heterocycles. The van der Waals surface area contributed by atoms with Gasteiger partial charge in [0.1, 0.15) is 0 Å². The van der Waals surface area contributed by atoms with Crippen molar-refractivity contribution < 1.29 is 0 Å². The van der Waals surface area contributed by atoms with Crippen molar-refractivity contribution in [2.24, 2.45) is 11.8 Å². The highest BCUT2D eigenvalue weighted by molar-refractivity contribution is 7.99. The Morgan fingerprint density at radius 3 is 2.30 bits per heavy atom. The lowest BCUT2D eigenvalue weighted by Gasteiger charge is -2.24. The minimum Gasteiger partial charge on any atom is -0.313 e. The van der Waals surface area contributed by atoms with Crippen molar-refractivity contribution in [1.29, 1.82) is 0 Å². The molecule has 2 heteroatoms. The predicted octanol–water partition coefficient (Wildman–Crippen LogP) is 3.91. The molecule has 1 N–H and O–H groups in total. The maximum atomic E-state index is 3.91. The SMILES string of the molecule is CSC(C)CCNC1C2CCC1Cc1ccccc1C2. The van der Waals surface area contributed by atoms with Crippen molar-refractivity contribution in [2.75, 3.05) is 12.8 Å². The number of fused-ring (bicyclic) bond motifs is 3. The molecular weight excluding hydrogens is 262 g/mol. The molecule has 1 aromatic rings. The fourth-order valence-electron chi connectivity index (χ4n) is 4.06. The first-order valence-corrected chi connectivity index (χ1v) is 9.39. The fraction of sp³-hybridized carbons (Fsp3) is 0.667. The van der Waals surface area contributed by atoms with Gasteiger partial charge in [-0.15, -0.1) is 0 Å². The summed E-state index contributed by atoms with van der Waals surface area (Å²) < 4.78 is 0. The number of benzene rings is 1. The van der Waals surface area contributed by atoms with E-state index in [0.29, 0.717) is 0 Å². The number of rotatable bonds is 5. The molecule has 0 amide bonds. The zero-order valence-electron chi connectivity index (χ0n) is 12.8. The molecule has 3 rings (SSSR count). The van der Waals surface area contributed by atoms with E-state index >= 15 is 0 Å². The van der Waals surface area contributed by atoms with Crippen LogP contribution in [0.1, 0.15) is 37.3 Å². The van der Waals surface area contributed by atoms with Crippen LogP contribution in [-0.4, -0.2) is 24.1 Å². The van der Waals surface area contributed by atoms with Gasteiger partial charge in [0.05, 0.1) is 0 Å². The van der Waals surface area contributed by atoms with Gasteiger partial charge in [-0.1, -0.05) is 31.2 Å². The van der Waals surface area contributed by atoms with Crippen LogP contribution in [0.3, 0.4) is 0 Å². The second kappa shape index (κ2) is 6.53. The van der Waals surface area contributed by atoms with Crippen molar-refractivity contribution in [3.8, 4) is 0 Å². The molecule has 3 unspecified atom stereocenters. The van der Waals surface area contributed by atoms with Gasteiger partial charge in [-0.05, 0) is 67.9 Å². The van der Waals surface area contributed by atoms with Gasteiger partial charge in [-0.3, -0.25) is 0 Å². The molecule has 2 bridgehead atoms. The highest BCUT2D eigenvalue weighted by Crippen LogP contribution is 2.40. The maximum Gasteiger partial charge on any atom is 0.0130 e. The molecule has 20 heavy (non-hydrogen) atoms. The molecule has 0 spiro atoms. The summed E-state index contributed by atoms with van der Waals surface area (Å²) in [5.74, 6) is 1.74. The number of nitrogens with one attached hydrogen (secondary N) is 1. The Bertz CT molecular complexity index is 412. The molecule has 0 radical (unpaired) electrons. The third-order valence-corrected chi connectivity index (χ3v) is 6.38. The molecule has 3 atom stereocenters. The lowest BCUT2D eigenvalue weighted by molar-refractivity contribution is 0.341. The summed E-state index contributed by atoms with van der Waals surface area (Å²) in [6.07, 6.45) is 8.95. The Morgan fingerprint density at radius 1 is 1.15 bits per heavy atom. The molecule has 1 saturated carbocycles. The molecule has 1 aromatic carbocycles. The zero-order chi connectivity index (χ0) is 13.9. The minimum absolute atomic E-state index is 0.761. The molecule has 1 nitrogen and oxygen atoms in total. The lowest BCUT2D eigenvalue weighted by Crippen LogP contribution is -2.39. The Balaban J connectivity index is 1.64. The van der Waals surface area contributed by atoms with Crippen molar-refractivity contribution in [1.82, 2.24) is 5.32 Å². The van der Waals surface area contributed by atoms with E-state index in [0.717, 1.165) is 23.1 Å². The van der Waals surface area contributed by atoms with Crippen LogP contribution in [-0.2, 0) is 12.8 Å². The van der Waals surface area contributed by atoms with Gasteiger partial charge in [0.25, 0.3) is 0 Å². The molecule has 2 aliphatic carbocycles. The van der Waals surface area contributed by atoms with Gasteiger partial charge in [0.2, 0.25) is 0 Å². The number of hydrogen-bond donors (Lipinski definition) is 1. The van der Waals surface area contributed by atoms with Crippen molar-refractivity contribution >= 4 is 11.8 Å². The van der Waals surface area contributed by atoms with E-state index in [1.54, 1.807) is 11.1 Å². The summed E-state index contributed by atoms with van der Waals surface area (Å²) in [6, 6.07) is 9.88. The average Bonchev–Trinajstić information content (AvgIpc) is 2.74. The second-order valence-electron chi connectivity index (χ2n) is 6.59.